The molecule has 68 valence electrons. The summed E-state index contributed by atoms with van der Waals surface area (Å²) < 4.78 is 24.3. The van der Waals surface area contributed by atoms with Crippen LogP contribution in [0.4, 0.5) is 0 Å². The minimum absolute atomic E-state index is 0.0381. The van der Waals surface area contributed by atoms with Crippen LogP contribution in [-0.2, 0) is 10.0 Å². The van der Waals surface area contributed by atoms with Crippen molar-refractivity contribution in [2.24, 2.45) is 0 Å². The van der Waals surface area contributed by atoms with Crippen LogP contribution in [0.15, 0.2) is 0 Å². The molecule has 0 unspecified atom stereocenters. The van der Waals surface area contributed by atoms with Gasteiger partial charge >= 0.3 is 0 Å². The maximum absolute atomic E-state index is 11.0. The highest BCUT2D eigenvalue weighted by Gasteiger charge is 2.22. The largest absolute Gasteiger partial charge is 0.394 e. The van der Waals surface area contributed by atoms with Gasteiger partial charge in [-0.25, -0.2) is 13.1 Å². The molecule has 0 heterocycles. The van der Waals surface area contributed by atoms with Gasteiger partial charge in [0, 0.05) is 0 Å². The van der Waals surface area contributed by atoms with Crippen LogP contribution in [0.5, 0.6) is 0 Å². The molecular weight excluding hydrogens is 166 g/mol. The first-order chi connectivity index (χ1) is 4.83. The Morgan fingerprint density at radius 1 is 1.45 bits per heavy atom. The molecule has 11 heavy (non-hydrogen) atoms. The van der Waals surface area contributed by atoms with E-state index in [1.807, 2.05) is 0 Å². The lowest BCUT2D eigenvalue weighted by molar-refractivity contribution is 0.208. The molecule has 2 N–H and O–H groups in total. The Hall–Kier alpha value is -0.130. The minimum atomic E-state index is -3.20. The van der Waals surface area contributed by atoms with Gasteiger partial charge in [0.2, 0.25) is 10.0 Å². The number of sulfonamides is 1. The summed E-state index contributed by atoms with van der Waals surface area (Å²) in [5, 5.41) is 8.73. The first-order valence-electron chi connectivity index (χ1n) is 3.45. The van der Waals surface area contributed by atoms with Gasteiger partial charge in [-0.1, -0.05) is 0 Å². The topological polar surface area (TPSA) is 66.4 Å². The number of hydrogen-bond donors (Lipinski definition) is 2. The first kappa shape index (κ1) is 10.9. The average Bonchev–Trinajstić information content (AvgIpc) is 1.86. The highest BCUT2D eigenvalue weighted by atomic mass is 32.2. The fraction of sp³-hybridized carbons (Fsp3) is 1.00. The molecule has 5 heteroatoms. The second-order valence-corrected chi connectivity index (χ2v) is 5.06. The zero-order valence-electron chi connectivity index (χ0n) is 7.09. The third-order valence-electron chi connectivity index (χ3n) is 1.21. The molecule has 0 fully saturated rings. The molecule has 0 atom stereocenters. The van der Waals surface area contributed by atoms with Gasteiger partial charge in [-0.05, 0) is 20.8 Å². The van der Waals surface area contributed by atoms with Crippen LogP contribution >= 0.6 is 0 Å². The third kappa shape index (κ3) is 4.34. The second-order valence-electron chi connectivity index (χ2n) is 3.05. The highest BCUT2D eigenvalue weighted by Crippen LogP contribution is 2.02. The summed E-state index contributed by atoms with van der Waals surface area (Å²) in [6, 6.07) is 0. The molecule has 0 bridgehead atoms. The SMILES string of the molecule is CCS(=O)(=O)NC(C)(C)CO. The number of aliphatic hydroxyl groups excluding tert-OH is 1. The summed E-state index contributed by atoms with van der Waals surface area (Å²) in [6.07, 6.45) is 0. The Balaban J connectivity index is 4.26. The summed E-state index contributed by atoms with van der Waals surface area (Å²) in [4.78, 5) is 0. The molecule has 0 aliphatic carbocycles. The van der Waals surface area contributed by atoms with Crippen molar-refractivity contribution in [3.8, 4) is 0 Å². The summed E-state index contributed by atoms with van der Waals surface area (Å²) in [5.74, 6) is 0.0381. The number of hydrogen-bond acceptors (Lipinski definition) is 3. The molecule has 0 aromatic carbocycles. The monoisotopic (exact) mass is 181 g/mol. The second kappa shape index (κ2) is 3.51. The van der Waals surface area contributed by atoms with Crippen molar-refractivity contribution >= 4 is 10.0 Å². The van der Waals surface area contributed by atoms with E-state index in [0.717, 1.165) is 0 Å². The first-order valence-corrected chi connectivity index (χ1v) is 5.11. The van der Waals surface area contributed by atoms with Crippen LogP contribution < -0.4 is 4.72 Å². The van der Waals surface area contributed by atoms with Crippen molar-refractivity contribution in [2.75, 3.05) is 12.4 Å². The van der Waals surface area contributed by atoms with Crippen molar-refractivity contribution in [3.63, 3.8) is 0 Å². The highest BCUT2D eigenvalue weighted by molar-refractivity contribution is 7.89. The molecule has 4 nitrogen and oxygen atoms in total. The Morgan fingerprint density at radius 3 is 2.18 bits per heavy atom. The van der Waals surface area contributed by atoms with E-state index in [1.165, 1.54) is 0 Å². The van der Waals surface area contributed by atoms with Crippen molar-refractivity contribution < 1.29 is 13.5 Å². The van der Waals surface area contributed by atoms with Gasteiger partial charge in [0.25, 0.3) is 0 Å². The fourth-order valence-electron chi connectivity index (χ4n) is 0.525. The van der Waals surface area contributed by atoms with E-state index in [1.54, 1.807) is 20.8 Å². The lowest BCUT2D eigenvalue weighted by Crippen LogP contribution is -2.46. The molecule has 0 amide bonds. The predicted molar refractivity (Wildman–Crippen MR) is 43.8 cm³/mol. The zero-order chi connectivity index (χ0) is 9.12. The normalized spacial score (nSPS) is 13.5. The number of rotatable bonds is 4. The van der Waals surface area contributed by atoms with E-state index < -0.39 is 15.6 Å². The molecule has 0 saturated carbocycles. The van der Waals surface area contributed by atoms with Gasteiger partial charge in [0.1, 0.15) is 0 Å². The van der Waals surface area contributed by atoms with E-state index in [9.17, 15) is 8.42 Å². The molecule has 0 radical (unpaired) electrons. The Morgan fingerprint density at radius 2 is 1.91 bits per heavy atom. The van der Waals surface area contributed by atoms with Crippen molar-refractivity contribution in [3.05, 3.63) is 0 Å². The van der Waals surface area contributed by atoms with Gasteiger partial charge < -0.3 is 5.11 Å². The lowest BCUT2D eigenvalue weighted by atomic mass is 10.1. The van der Waals surface area contributed by atoms with Gasteiger partial charge in [-0.2, -0.15) is 0 Å². The third-order valence-corrected chi connectivity index (χ3v) is 2.83. The number of aliphatic hydroxyl groups is 1. The molecule has 0 aromatic heterocycles. The maximum atomic E-state index is 11.0. The van der Waals surface area contributed by atoms with E-state index in [0.29, 0.717) is 0 Å². The van der Waals surface area contributed by atoms with Crippen molar-refractivity contribution in [1.29, 1.82) is 0 Å². The summed E-state index contributed by atoms with van der Waals surface area (Å²) in [7, 11) is -3.20. The van der Waals surface area contributed by atoms with E-state index in [2.05, 4.69) is 4.72 Å². The zero-order valence-corrected chi connectivity index (χ0v) is 7.90. The van der Waals surface area contributed by atoms with Crippen LogP contribution in [0.2, 0.25) is 0 Å². The number of nitrogens with one attached hydrogen (secondary N) is 1. The summed E-state index contributed by atoms with van der Waals surface area (Å²) >= 11 is 0. The Kier molecular flexibility index (Phi) is 3.47. The van der Waals surface area contributed by atoms with Crippen LogP contribution in [-0.4, -0.2) is 31.4 Å². The van der Waals surface area contributed by atoms with Gasteiger partial charge in [0.05, 0.1) is 17.9 Å². The fourth-order valence-corrected chi connectivity index (χ4v) is 1.58. The van der Waals surface area contributed by atoms with Gasteiger partial charge in [0.15, 0.2) is 0 Å². The minimum Gasteiger partial charge on any atom is -0.394 e. The smallest absolute Gasteiger partial charge is 0.211 e. The van der Waals surface area contributed by atoms with E-state index >= 15 is 0 Å². The van der Waals surface area contributed by atoms with Gasteiger partial charge in [-0.3, -0.25) is 0 Å². The molecule has 0 aromatic rings. The van der Waals surface area contributed by atoms with Crippen molar-refractivity contribution in [1.82, 2.24) is 4.72 Å². The predicted octanol–water partition coefficient (Wildman–Crippen LogP) is -0.303. The van der Waals surface area contributed by atoms with Crippen LogP contribution in [0.25, 0.3) is 0 Å². The Labute approximate surface area is 67.7 Å². The Bertz CT molecular complexity index is 208. The standard InChI is InChI=1S/C6H15NO3S/c1-4-11(9,10)7-6(2,3)5-8/h7-8H,4-5H2,1-3H3. The quantitative estimate of drug-likeness (QED) is 0.625. The van der Waals surface area contributed by atoms with E-state index in [4.69, 9.17) is 5.11 Å². The summed E-state index contributed by atoms with van der Waals surface area (Å²) in [6.45, 7) is 4.60. The van der Waals surface area contributed by atoms with Crippen molar-refractivity contribution in [2.45, 2.75) is 26.3 Å². The maximum Gasteiger partial charge on any atom is 0.211 e. The van der Waals surface area contributed by atoms with Crippen LogP contribution in [0, 0.1) is 0 Å². The molecule has 0 aliphatic heterocycles. The lowest BCUT2D eigenvalue weighted by Gasteiger charge is -2.22. The molecule has 0 aliphatic rings. The summed E-state index contributed by atoms with van der Waals surface area (Å²) in [5.41, 5.74) is -0.755. The molecular formula is C6H15NO3S. The molecule has 0 spiro atoms. The van der Waals surface area contributed by atoms with Crippen LogP contribution in [0.3, 0.4) is 0 Å². The molecule has 0 saturated heterocycles. The average molecular weight is 181 g/mol. The van der Waals surface area contributed by atoms with E-state index in [-0.39, 0.29) is 12.4 Å². The molecule has 0 rings (SSSR count). The van der Waals surface area contributed by atoms with Crippen LogP contribution in [0.1, 0.15) is 20.8 Å². The van der Waals surface area contributed by atoms with Gasteiger partial charge in [-0.15, -0.1) is 0 Å².